The van der Waals surface area contributed by atoms with Crippen LogP contribution in [0.2, 0.25) is 0 Å². The summed E-state index contributed by atoms with van der Waals surface area (Å²) >= 11 is 3.36. The molecule has 0 aliphatic carbocycles. The minimum atomic E-state index is -0.438. The van der Waals surface area contributed by atoms with Crippen molar-refractivity contribution in [1.29, 1.82) is 0 Å². The lowest BCUT2D eigenvalue weighted by Crippen LogP contribution is -2.43. The minimum Gasteiger partial charge on any atom is -0.483 e. The summed E-state index contributed by atoms with van der Waals surface area (Å²) in [5.74, 6) is -0.189. The largest absolute Gasteiger partial charge is 0.483 e. The number of amides is 2. The van der Waals surface area contributed by atoms with Crippen LogP contribution < -0.4 is 15.6 Å². The van der Waals surface area contributed by atoms with E-state index in [1.54, 1.807) is 6.08 Å². The number of aryl methyl sites for hydroxylation is 2. The zero-order valence-corrected chi connectivity index (χ0v) is 15.6. The number of para-hydroxylation sites is 1. The van der Waals surface area contributed by atoms with Gasteiger partial charge in [-0.1, -0.05) is 46.3 Å². The molecule has 2 N–H and O–H groups in total. The van der Waals surface area contributed by atoms with Crippen molar-refractivity contribution in [1.82, 2.24) is 10.9 Å². The van der Waals surface area contributed by atoms with Crippen molar-refractivity contribution in [3.05, 3.63) is 69.7 Å². The third-order valence-corrected chi connectivity index (χ3v) is 3.85. The number of hydrogen-bond acceptors (Lipinski definition) is 3. The molecule has 2 rings (SSSR count). The molecule has 0 radical (unpaired) electrons. The normalized spacial score (nSPS) is 10.5. The van der Waals surface area contributed by atoms with Crippen LogP contribution in [0.5, 0.6) is 5.75 Å². The van der Waals surface area contributed by atoms with Gasteiger partial charge in [-0.2, -0.15) is 0 Å². The molecular weight excluding hydrogens is 384 g/mol. The molecule has 2 aromatic carbocycles. The number of carbonyl (C=O) groups is 2. The van der Waals surface area contributed by atoms with Gasteiger partial charge in [-0.3, -0.25) is 20.4 Å². The molecule has 0 aliphatic heterocycles. The molecular formula is C19H19BrN2O3. The van der Waals surface area contributed by atoms with E-state index >= 15 is 0 Å². The highest BCUT2D eigenvalue weighted by atomic mass is 79.9. The van der Waals surface area contributed by atoms with Gasteiger partial charge in [0.15, 0.2) is 6.61 Å². The Balaban J connectivity index is 1.78. The average molecular weight is 403 g/mol. The number of nitrogens with one attached hydrogen (secondary N) is 2. The van der Waals surface area contributed by atoms with Gasteiger partial charge < -0.3 is 4.74 Å². The summed E-state index contributed by atoms with van der Waals surface area (Å²) in [6.07, 6.45) is 2.99. The standard InChI is InChI=1S/C19H19BrN2O3/c1-13-5-3-6-14(2)19(13)25-12-18(24)22-21-17(23)10-9-15-7-4-8-16(20)11-15/h3-11H,12H2,1-2H3,(H,21,23)(H,22,24)/b10-9+. The van der Waals surface area contributed by atoms with Crippen LogP contribution in [0.3, 0.4) is 0 Å². The van der Waals surface area contributed by atoms with Gasteiger partial charge in [-0.05, 0) is 48.7 Å². The van der Waals surface area contributed by atoms with E-state index in [9.17, 15) is 9.59 Å². The lowest BCUT2D eigenvalue weighted by atomic mass is 10.1. The van der Waals surface area contributed by atoms with Gasteiger partial charge in [0.05, 0.1) is 0 Å². The van der Waals surface area contributed by atoms with Crippen molar-refractivity contribution in [2.24, 2.45) is 0 Å². The molecule has 0 atom stereocenters. The Hall–Kier alpha value is -2.60. The van der Waals surface area contributed by atoms with Crippen molar-refractivity contribution in [3.8, 4) is 5.75 Å². The van der Waals surface area contributed by atoms with E-state index in [4.69, 9.17) is 4.74 Å². The first-order chi connectivity index (χ1) is 12.0. The van der Waals surface area contributed by atoms with Crippen LogP contribution in [0.1, 0.15) is 16.7 Å². The molecule has 0 bridgehead atoms. The van der Waals surface area contributed by atoms with Crippen molar-refractivity contribution < 1.29 is 14.3 Å². The highest BCUT2D eigenvalue weighted by Gasteiger charge is 2.07. The molecule has 6 heteroatoms. The second-order valence-corrected chi connectivity index (χ2v) is 6.35. The fourth-order valence-electron chi connectivity index (χ4n) is 2.16. The summed E-state index contributed by atoms with van der Waals surface area (Å²) in [4.78, 5) is 23.5. The van der Waals surface area contributed by atoms with Crippen LogP contribution in [0, 0.1) is 13.8 Å². The van der Waals surface area contributed by atoms with E-state index in [1.807, 2.05) is 56.3 Å². The van der Waals surface area contributed by atoms with Gasteiger partial charge in [0.1, 0.15) is 5.75 Å². The topological polar surface area (TPSA) is 67.4 Å². The molecule has 2 amide bonds. The van der Waals surface area contributed by atoms with Crippen LogP contribution >= 0.6 is 15.9 Å². The molecule has 130 valence electrons. The molecule has 0 aromatic heterocycles. The summed E-state index contributed by atoms with van der Waals surface area (Å²) in [6.45, 7) is 3.64. The highest BCUT2D eigenvalue weighted by molar-refractivity contribution is 9.10. The third-order valence-electron chi connectivity index (χ3n) is 3.36. The van der Waals surface area contributed by atoms with E-state index < -0.39 is 11.8 Å². The minimum absolute atomic E-state index is 0.179. The second kappa shape index (κ2) is 9.03. The van der Waals surface area contributed by atoms with E-state index in [0.29, 0.717) is 5.75 Å². The van der Waals surface area contributed by atoms with Gasteiger partial charge in [-0.25, -0.2) is 0 Å². The molecule has 2 aromatic rings. The first-order valence-electron chi connectivity index (χ1n) is 7.67. The van der Waals surface area contributed by atoms with E-state index in [2.05, 4.69) is 26.8 Å². The number of hydrazine groups is 1. The van der Waals surface area contributed by atoms with Gasteiger partial charge in [0.25, 0.3) is 11.8 Å². The van der Waals surface area contributed by atoms with Gasteiger partial charge in [0.2, 0.25) is 0 Å². The lowest BCUT2D eigenvalue weighted by molar-refractivity contribution is -0.128. The van der Waals surface area contributed by atoms with Gasteiger partial charge in [0, 0.05) is 10.5 Å². The number of ether oxygens (including phenoxy) is 1. The number of hydrogen-bond donors (Lipinski definition) is 2. The quantitative estimate of drug-likeness (QED) is 0.595. The smallest absolute Gasteiger partial charge is 0.276 e. The van der Waals surface area contributed by atoms with Crippen molar-refractivity contribution >= 4 is 33.8 Å². The van der Waals surface area contributed by atoms with Crippen molar-refractivity contribution in [3.63, 3.8) is 0 Å². The second-order valence-electron chi connectivity index (χ2n) is 5.44. The monoisotopic (exact) mass is 402 g/mol. The number of rotatable bonds is 5. The molecule has 25 heavy (non-hydrogen) atoms. The summed E-state index contributed by atoms with van der Waals surface area (Å²) in [5.41, 5.74) is 7.41. The third kappa shape index (κ3) is 6.08. The lowest BCUT2D eigenvalue weighted by Gasteiger charge is -2.11. The van der Waals surface area contributed by atoms with E-state index in [1.165, 1.54) is 6.08 Å². The Labute approximate surface area is 155 Å². The molecule has 0 saturated heterocycles. The Morgan fingerprint density at radius 1 is 1.08 bits per heavy atom. The molecule has 0 fully saturated rings. The first kappa shape index (κ1) is 18.7. The first-order valence-corrected chi connectivity index (χ1v) is 8.46. The Bertz CT molecular complexity index is 783. The molecule has 0 heterocycles. The van der Waals surface area contributed by atoms with Crippen LogP contribution in [0.4, 0.5) is 0 Å². The molecule has 5 nitrogen and oxygen atoms in total. The van der Waals surface area contributed by atoms with Crippen LogP contribution in [-0.2, 0) is 9.59 Å². The molecule has 0 saturated carbocycles. The van der Waals surface area contributed by atoms with Crippen LogP contribution in [0.15, 0.2) is 53.0 Å². The van der Waals surface area contributed by atoms with E-state index in [0.717, 1.165) is 21.2 Å². The zero-order valence-electron chi connectivity index (χ0n) is 14.0. The molecule has 0 spiro atoms. The fourth-order valence-corrected chi connectivity index (χ4v) is 2.57. The van der Waals surface area contributed by atoms with Gasteiger partial charge in [-0.15, -0.1) is 0 Å². The average Bonchev–Trinajstić information content (AvgIpc) is 2.58. The maximum atomic E-state index is 11.8. The number of halogens is 1. The Morgan fingerprint density at radius 2 is 1.76 bits per heavy atom. The maximum Gasteiger partial charge on any atom is 0.276 e. The predicted octanol–water partition coefficient (Wildman–Crippen LogP) is 3.31. The highest BCUT2D eigenvalue weighted by Crippen LogP contribution is 2.21. The van der Waals surface area contributed by atoms with Crippen LogP contribution in [-0.4, -0.2) is 18.4 Å². The SMILES string of the molecule is Cc1cccc(C)c1OCC(=O)NNC(=O)/C=C/c1cccc(Br)c1. The Kier molecular flexibility index (Phi) is 6.77. The maximum absolute atomic E-state index is 11.8. The molecule has 0 unspecified atom stereocenters. The number of benzene rings is 2. The summed E-state index contributed by atoms with van der Waals surface area (Å²) in [6, 6.07) is 13.3. The summed E-state index contributed by atoms with van der Waals surface area (Å²) in [5, 5.41) is 0. The van der Waals surface area contributed by atoms with Crippen LogP contribution in [0.25, 0.3) is 6.08 Å². The van der Waals surface area contributed by atoms with Crippen molar-refractivity contribution in [2.45, 2.75) is 13.8 Å². The summed E-state index contributed by atoms with van der Waals surface area (Å²) in [7, 11) is 0. The zero-order chi connectivity index (χ0) is 18.2. The van der Waals surface area contributed by atoms with E-state index in [-0.39, 0.29) is 6.61 Å². The van der Waals surface area contributed by atoms with Gasteiger partial charge >= 0.3 is 0 Å². The Morgan fingerprint density at radius 3 is 2.44 bits per heavy atom. The fraction of sp³-hybridized carbons (Fsp3) is 0.158. The van der Waals surface area contributed by atoms with Crippen molar-refractivity contribution in [2.75, 3.05) is 6.61 Å². The summed E-state index contributed by atoms with van der Waals surface area (Å²) < 4.78 is 6.44. The molecule has 0 aliphatic rings. The number of carbonyl (C=O) groups excluding carboxylic acids is 2. The predicted molar refractivity (Wildman–Crippen MR) is 101 cm³/mol.